The van der Waals surface area contributed by atoms with E-state index in [1.165, 1.54) is 0 Å². The van der Waals surface area contributed by atoms with E-state index in [2.05, 4.69) is 20.3 Å². The van der Waals surface area contributed by atoms with E-state index < -0.39 is 0 Å². The molecule has 0 atom stereocenters. The summed E-state index contributed by atoms with van der Waals surface area (Å²) in [6.07, 6.45) is 1.83. The van der Waals surface area contributed by atoms with Crippen LogP contribution in [0.4, 0.5) is 11.4 Å². The Kier molecular flexibility index (Phi) is 6.37. The van der Waals surface area contributed by atoms with Crippen molar-refractivity contribution >= 4 is 45.7 Å². The number of aromatic nitrogens is 3. The summed E-state index contributed by atoms with van der Waals surface area (Å²) in [5.74, 6) is 1.46. The van der Waals surface area contributed by atoms with Crippen LogP contribution in [0.5, 0.6) is 11.5 Å². The Labute approximate surface area is 182 Å². The molecule has 2 aromatic heterocycles. The number of nitrogens with one attached hydrogen (secondary N) is 2. The first-order valence-corrected chi connectivity index (χ1v) is 9.88. The van der Waals surface area contributed by atoms with Gasteiger partial charge in [-0.05, 0) is 65.0 Å². The number of aryl methyl sites for hydroxylation is 1. The Morgan fingerprint density at radius 3 is 2.33 bits per heavy atom. The molecule has 0 saturated carbocycles. The maximum atomic E-state index is 6.00. The van der Waals surface area contributed by atoms with Crippen LogP contribution in [0.15, 0.2) is 42.7 Å². The zero-order valence-electron chi connectivity index (χ0n) is 17.8. The molecule has 0 saturated heterocycles. The third-order valence-electron chi connectivity index (χ3n) is 4.44. The van der Waals surface area contributed by atoms with E-state index in [9.17, 15) is 0 Å². The van der Waals surface area contributed by atoms with Crippen LogP contribution in [0.25, 0.3) is 21.9 Å². The van der Waals surface area contributed by atoms with Gasteiger partial charge in [0.15, 0.2) is 11.5 Å². The average Bonchev–Trinajstić information content (AvgIpc) is 3.11. The molecular weight excluding hydrogens is 400 g/mol. The standard InChI is InChI=1S/C23H26N4O2.ClH/c1-13(2)28-20-9-6-16(11-21(20)29-14(3)4)27-19-10-15(5)26-17-7-8-18-23(22(17)19)25-12-24-18;/h6-14H,1-5H3,(H,24,25)(H,26,27);1H. The summed E-state index contributed by atoms with van der Waals surface area (Å²) in [7, 11) is 0. The van der Waals surface area contributed by atoms with Gasteiger partial charge in [-0.25, -0.2) is 4.98 Å². The number of halogens is 1. The summed E-state index contributed by atoms with van der Waals surface area (Å²) >= 11 is 0. The Morgan fingerprint density at radius 2 is 1.60 bits per heavy atom. The van der Waals surface area contributed by atoms with Crippen LogP contribution >= 0.6 is 12.4 Å². The summed E-state index contributed by atoms with van der Waals surface area (Å²) < 4.78 is 11.9. The lowest BCUT2D eigenvalue weighted by atomic mass is 10.1. The normalized spacial score (nSPS) is 11.2. The minimum atomic E-state index is 0. The SMILES string of the molecule is Cc1cc(Nc2ccc(OC(C)C)c(OC(C)C)c2)c2c(ccc3nc[nH]c32)n1.Cl. The molecule has 30 heavy (non-hydrogen) atoms. The fourth-order valence-electron chi connectivity index (χ4n) is 3.41. The van der Waals surface area contributed by atoms with Crippen molar-refractivity contribution in [2.75, 3.05) is 5.32 Å². The molecule has 0 spiro atoms. The quantitative estimate of drug-likeness (QED) is 0.386. The predicted molar refractivity (Wildman–Crippen MR) is 125 cm³/mol. The van der Waals surface area contributed by atoms with E-state index in [1.54, 1.807) is 6.33 Å². The summed E-state index contributed by atoms with van der Waals surface area (Å²) in [6, 6.07) is 12.0. The number of benzene rings is 2. The average molecular weight is 427 g/mol. The molecule has 4 rings (SSSR count). The maximum Gasteiger partial charge on any atom is 0.163 e. The number of hydrogen-bond donors (Lipinski definition) is 2. The van der Waals surface area contributed by atoms with Crippen molar-refractivity contribution in [1.82, 2.24) is 15.0 Å². The highest BCUT2D eigenvalue weighted by Crippen LogP contribution is 2.36. The van der Waals surface area contributed by atoms with E-state index in [-0.39, 0.29) is 24.6 Å². The van der Waals surface area contributed by atoms with Crippen molar-refractivity contribution in [2.24, 2.45) is 0 Å². The third kappa shape index (κ3) is 4.44. The summed E-state index contributed by atoms with van der Waals surface area (Å²) in [5.41, 5.74) is 5.63. The second-order valence-corrected chi connectivity index (χ2v) is 7.69. The number of imidazole rings is 1. The van der Waals surface area contributed by atoms with Crippen LogP contribution in [-0.4, -0.2) is 27.2 Å². The molecular formula is C23H27ClN4O2. The van der Waals surface area contributed by atoms with Gasteiger partial charge in [0, 0.05) is 22.8 Å². The van der Waals surface area contributed by atoms with Crippen LogP contribution in [-0.2, 0) is 0 Å². The zero-order chi connectivity index (χ0) is 20.5. The van der Waals surface area contributed by atoms with Crippen LogP contribution in [0.1, 0.15) is 33.4 Å². The molecule has 0 aliphatic heterocycles. The van der Waals surface area contributed by atoms with Crippen LogP contribution in [0.3, 0.4) is 0 Å². The number of pyridine rings is 1. The van der Waals surface area contributed by atoms with Crippen molar-refractivity contribution in [3.05, 3.63) is 48.4 Å². The number of aromatic amines is 1. The fourth-order valence-corrected chi connectivity index (χ4v) is 3.41. The highest BCUT2D eigenvalue weighted by Gasteiger charge is 2.13. The predicted octanol–water partition coefficient (Wildman–Crippen LogP) is 6.16. The van der Waals surface area contributed by atoms with Gasteiger partial charge in [0.25, 0.3) is 0 Å². The van der Waals surface area contributed by atoms with Crippen molar-refractivity contribution in [1.29, 1.82) is 0 Å². The maximum absolute atomic E-state index is 6.00. The monoisotopic (exact) mass is 426 g/mol. The molecule has 2 N–H and O–H groups in total. The smallest absolute Gasteiger partial charge is 0.163 e. The molecule has 0 unspecified atom stereocenters. The van der Waals surface area contributed by atoms with Crippen LogP contribution in [0.2, 0.25) is 0 Å². The summed E-state index contributed by atoms with van der Waals surface area (Å²) in [6.45, 7) is 10.0. The Hall–Kier alpha value is -2.99. The van der Waals surface area contributed by atoms with Crippen LogP contribution < -0.4 is 14.8 Å². The van der Waals surface area contributed by atoms with Crippen molar-refractivity contribution in [3.63, 3.8) is 0 Å². The first-order chi connectivity index (χ1) is 13.9. The van der Waals surface area contributed by atoms with Crippen molar-refractivity contribution < 1.29 is 9.47 Å². The number of ether oxygens (including phenoxy) is 2. The summed E-state index contributed by atoms with van der Waals surface area (Å²) in [5, 5.41) is 4.55. The number of rotatable bonds is 6. The Balaban J connectivity index is 0.00000256. The van der Waals surface area contributed by atoms with Gasteiger partial charge in [-0.1, -0.05) is 0 Å². The number of hydrogen-bond acceptors (Lipinski definition) is 5. The van der Waals surface area contributed by atoms with Gasteiger partial charge in [0.1, 0.15) is 0 Å². The Morgan fingerprint density at radius 1 is 0.900 bits per heavy atom. The minimum absolute atomic E-state index is 0. The van der Waals surface area contributed by atoms with Crippen molar-refractivity contribution in [2.45, 2.75) is 46.8 Å². The fraction of sp³-hybridized carbons (Fsp3) is 0.304. The summed E-state index contributed by atoms with van der Waals surface area (Å²) in [4.78, 5) is 12.3. The molecule has 0 aliphatic rings. The second-order valence-electron chi connectivity index (χ2n) is 7.69. The number of fused-ring (bicyclic) bond motifs is 3. The van der Waals surface area contributed by atoms with Crippen molar-refractivity contribution in [3.8, 4) is 11.5 Å². The highest BCUT2D eigenvalue weighted by molar-refractivity contribution is 6.10. The molecule has 0 aliphatic carbocycles. The molecule has 0 radical (unpaired) electrons. The van der Waals surface area contributed by atoms with E-state index in [4.69, 9.17) is 9.47 Å². The molecule has 0 fully saturated rings. The highest BCUT2D eigenvalue weighted by atomic mass is 35.5. The third-order valence-corrected chi connectivity index (χ3v) is 4.44. The topological polar surface area (TPSA) is 72.1 Å². The number of H-pyrrole nitrogens is 1. The molecule has 6 nitrogen and oxygen atoms in total. The van der Waals surface area contributed by atoms with Gasteiger partial charge in [-0.2, -0.15) is 0 Å². The number of anilines is 2. The van der Waals surface area contributed by atoms with E-state index in [0.29, 0.717) is 0 Å². The van der Waals surface area contributed by atoms with Gasteiger partial charge < -0.3 is 19.8 Å². The molecule has 0 amide bonds. The van der Waals surface area contributed by atoms with E-state index >= 15 is 0 Å². The molecule has 4 aromatic rings. The molecule has 0 bridgehead atoms. The van der Waals surface area contributed by atoms with Gasteiger partial charge >= 0.3 is 0 Å². The Bertz CT molecular complexity index is 1170. The van der Waals surface area contributed by atoms with Gasteiger partial charge in [-0.15, -0.1) is 12.4 Å². The minimum Gasteiger partial charge on any atom is -0.487 e. The number of nitrogens with zero attached hydrogens (tertiary/aromatic N) is 2. The van der Waals surface area contributed by atoms with Gasteiger partial charge in [0.2, 0.25) is 0 Å². The molecule has 7 heteroatoms. The first kappa shape index (κ1) is 21.7. The van der Waals surface area contributed by atoms with Gasteiger partial charge in [0.05, 0.1) is 40.8 Å². The van der Waals surface area contributed by atoms with Gasteiger partial charge in [-0.3, -0.25) is 4.98 Å². The lowest BCUT2D eigenvalue weighted by Gasteiger charge is -2.19. The van der Waals surface area contributed by atoms with Crippen LogP contribution in [0, 0.1) is 6.92 Å². The second kappa shape index (κ2) is 8.79. The van der Waals surface area contributed by atoms with E-state index in [1.807, 2.05) is 71.0 Å². The van der Waals surface area contributed by atoms with E-state index in [0.717, 1.165) is 50.5 Å². The largest absolute Gasteiger partial charge is 0.487 e. The first-order valence-electron chi connectivity index (χ1n) is 9.88. The lowest BCUT2D eigenvalue weighted by molar-refractivity contribution is 0.199. The molecule has 2 aromatic carbocycles. The molecule has 158 valence electrons. The molecule has 2 heterocycles. The lowest BCUT2D eigenvalue weighted by Crippen LogP contribution is -2.11. The zero-order valence-corrected chi connectivity index (χ0v) is 18.6.